The molecule has 186 valence electrons. The Morgan fingerprint density at radius 1 is 1.03 bits per heavy atom. The molecule has 6 heterocycles. The average Bonchev–Trinajstić information content (AvgIpc) is 3.38. The monoisotopic (exact) mass is 492 g/mol. The molecule has 3 aliphatic rings. The van der Waals surface area contributed by atoms with E-state index in [0.717, 1.165) is 41.7 Å². The number of nitrogens with zero attached hydrogens (tertiary/aromatic N) is 4. The van der Waals surface area contributed by atoms with Crippen LogP contribution >= 0.6 is 0 Å². The third kappa shape index (κ3) is 3.59. The van der Waals surface area contributed by atoms with Gasteiger partial charge >= 0.3 is 0 Å². The van der Waals surface area contributed by atoms with Crippen molar-refractivity contribution in [3.63, 3.8) is 0 Å². The molecule has 8 heteroatoms. The van der Waals surface area contributed by atoms with Crippen LogP contribution in [0.1, 0.15) is 12.8 Å². The van der Waals surface area contributed by atoms with Gasteiger partial charge in [0.15, 0.2) is 5.65 Å². The van der Waals surface area contributed by atoms with Crippen LogP contribution in [0.3, 0.4) is 0 Å². The van der Waals surface area contributed by atoms with E-state index in [-0.39, 0.29) is 11.6 Å². The number of imidazole rings is 1. The van der Waals surface area contributed by atoms with Gasteiger partial charge in [-0.1, -0.05) is 30.3 Å². The van der Waals surface area contributed by atoms with E-state index in [2.05, 4.69) is 26.3 Å². The molecule has 3 aliphatic heterocycles. The summed E-state index contributed by atoms with van der Waals surface area (Å²) in [6.45, 7) is 3.29. The van der Waals surface area contributed by atoms with Crippen LogP contribution in [0.15, 0.2) is 71.7 Å². The Labute approximate surface area is 213 Å². The van der Waals surface area contributed by atoms with Crippen LogP contribution in [-0.4, -0.2) is 57.2 Å². The molecule has 0 saturated carbocycles. The van der Waals surface area contributed by atoms with Gasteiger partial charge in [0.25, 0.3) is 5.56 Å². The molecule has 0 amide bonds. The normalized spacial score (nSPS) is 20.9. The van der Waals surface area contributed by atoms with Crippen LogP contribution < -0.4 is 15.6 Å². The maximum absolute atomic E-state index is 14.5. The summed E-state index contributed by atoms with van der Waals surface area (Å²) in [7, 11) is 1.63. The predicted molar refractivity (Wildman–Crippen MR) is 146 cm³/mol. The predicted octanol–water partition coefficient (Wildman–Crippen LogP) is 4.44. The standard InChI is InChI=1S/C29H28N6O2/c1-37-24-11-5-4-10-23(24)35-22-9-3-2-7-19(22)26(31-21-17-34-15-12-18(21)13-16-34)25(29(35)36)28-32-20-8-6-14-30-27(20)33-28/h2-11,14,18,21,31H,12-13,15-17H2,1H3,(H,30,32,33)/t21-/m0/s1. The van der Waals surface area contributed by atoms with Crippen molar-refractivity contribution < 1.29 is 4.74 Å². The molecule has 0 aliphatic carbocycles. The minimum Gasteiger partial charge on any atom is -0.495 e. The van der Waals surface area contributed by atoms with Gasteiger partial charge in [0, 0.05) is 24.2 Å². The van der Waals surface area contributed by atoms with E-state index >= 15 is 0 Å². The van der Waals surface area contributed by atoms with E-state index in [1.807, 2.05) is 54.6 Å². The number of nitrogens with one attached hydrogen (secondary N) is 2. The highest BCUT2D eigenvalue weighted by atomic mass is 16.5. The van der Waals surface area contributed by atoms with Crippen LogP contribution in [0.5, 0.6) is 5.75 Å². The van der Waals surface area contributed by atoms with E-state index in [9.17, 15) is 4.79 Å². The van der Waals surface area contributed by atoms with Crippen molar-refractivity contribution in [1.82, 2.24) is 24.4 Å². The molecule has 8 nitrogen and oxygen atoms in total. The second kappa shape index (κ2) is 8.74. The van der Waals surface area contributed by atoms with Crippen LogP contribution in [0.25, 0.3) is 39.1 Å². The molecular weight excluding hydrogens is 464 g/mol. The van der Waals surface area contributed by atoms with Gasteiger partial charge < -0.3 is 19.9 Å². The van der Waals surface area contributed by atoms with Crippen molar-refractivity contribution >= 4 is 27.8 Å². The van der Waals surface area contributed by atoms with Gasteiger partial charge in [0.2, 0.25) is 0 Å². The van der Waals surface area contributed by atoms with E-state index in [0.29, 0.717) is 34.4 Å². The van der Waals surface area contributed by atoms with Crippen LogP contribution in [0, 0.1) is 5.92 Å². The minimum atomic E-state index is -0.161. The second-order valence-corrected chi connectivity index (χ2v) is 9.92. The molecule has 0 spiro atoms. The average molecular weight is 493 g/mol. The number of para-hydroxylation sites is 3. The number of benzene rings is 2. The molecule has 0 radical (unpaired) electrons. The fourth-order valence-electron chi connectivity index (χ4n) is 6.04. The zero-order chi connectivity index (χ0) is 24.9. The van der Waals surface area contributed by atoms with Gasteiger partial charge in [-0.25, -0.2) is 9.97 Å². The Morgan fingerprint density at radius 3 is 2.62 bits per heavy atom. The first-order valence-corrected chi connectivity index (χ1v) is 12.8. The van der Waals surface area contributed by atoms with E-state index in [1.165, 1.54) is 12.8 Å². The number of ether oxygens (including phenoxy) is 1. The first kappa shape index (κ1) is 22.1. The molecule has 2 bridgehead atoms. The van der Waals surface area contributed by atoms with Crippen molar-refractivity contribution in [2.24, 2.45) is 5.92 Å². The Hall–Kier alpha value is -4.17. The first-order valence-electron chi connectivity index (χ1n) is 12.8. The number of hydrogen-bond acceptors (Lipinski definition) is 6. The van der Waals surface area contributed by atoms with Gasteiger partial charge in [-0.2, -0.15) is 0 Å². The number of pyridine rings is 2. The Bertz CT molecular complexity index is 1650. The number of anilines is 1. The number of aromatic amines is 1. The molecule has 2 aromatic carbocycles. The van der Waals surface area contributed by atoms with Gasteiger partial charge in [-0.3, -0.25) is 9.36 Å². The molecule has 37 heavy (non-hydrogen) atoms. The lowest BCUT2D eigenvalue weighted by Crippen LogP contribution is -2.53. The summed E-state index contributed by atoms with van der Waals surface area (Å²) < 4.78 is 7.41. The zero-order valence-electron chi connectivity index (χ0n) is 20.6. The lowest BCUT2D eigenvalue weighted by Gasteiger charge is -2.45. The van der Waals surface area contributed by atoms with Crippen molar-refractivity contribution in [3.8, 4) is 22.8 Å². The number of fused-ring (bicyclic) bond motifs is 5. The Balaban J connectivity index is 1.53. The molecular formula is C29H28N6O2. The summed E-state index contributed by atoms with van der Waals surface area (Å²) in [4.78, 5) is 29.6. The summed E-state index contributed by atoms with van der Waals surface area (Å²) in [5.74, 6) is 1.73. The number of aromatic nitrogens is 4. The fourth-order valence-corrected chi connectivity index (χ4v) is 6.04. The molecule has 0 unspecified atom stereocenters. The molecule has 3 aromatic heterocycles. The largest absolute Gasteiger partial charge is 0.495 e. The topological polar surface area (TPSA) is 88.1 Å². The second-order valence-electron chi connectivity index (χ2n) is 9.92. The fraction of sp³-hybridized carbons (Fsp3) is 0.276. The zero-order valence-corrected chi connectivity index (χ0v) is 20.6. The molecule has 2 N–H and O–H groups in total. The van der Waals surface area contributed by atoms with Gasteiger partial charge in [0.1, 0.15) is 22.7 Å². The van der Waals surface area contributed by atoms with Crippen LogP contribution in [-0.2, 0) is 0 Å². The Kier molecular flexibility index (Phi) is 5.21. The third-order valence-corrected chi connectivity index (χ3v) is 7.89. The number of H-pyrrole nitrogens is 1. The van der Waals surface area contributed by atoms with E-state index in [1.54, 1.807) is 17.9 Å². The Morgan fingerprint density at radius 2 is 1.84 bits per heavy atom. The highest BCUT2D eigenvalue weighted by Gasteiger charge is 2.35. The van der Waals surface area contributed by atoms with E-state index < -0.39 is 0 Å². The van der Waals surface area contributed by atoms with Crippen molar-refractivity contribution in [2.45, 2.75) is 18.9 Å². The summed E-state index contributed by atoms with van der Waals surface area (Å²) in [6.07, 6.45) is 4.08. The van der Waals surface area contributed by atoms with Gasteiger partial charge in [-0.15, -0.1) is 0 Å². The molecule has 3 fully saturated rings. The maximum Gasteiger partial charge on any atom is 0.268 e. The SMILES string of the molecule is COc1ccccc1-n1c(=O)c(-c2nc3cccnc3[nH]2)c(N[C@H]2CN3CCC2CC3)c2ccccc21. The lowest BCUT2D eigenvalue weighted by atomic mass is 9.83. The molecule has 1 atom stereocenters. The van der Waals surface area contributed by atoms with E-state index in [4.69, 9.17) is 9.72 Å². The van der Waals surface area contributed by atoms with Crippen molar-refractivity contribution in [3.05, 3.63) is 77.2 Å². The number of methoxy groups -OCH3 is 1. The van der Waals surface area contributed by atoms with Crippen LogP contribution in [0.2, 0.25) is 0 Å². The van der Waals surface area contributed by atoms with Crippen molar-refractivity contribution in [1.29, 1.82) is 0 Å². The quantitative estimate of drug-likeness (QED) is 0.377. The smallest absolute Gasteiger partial charge is 0.268 e. The summed E-state index contributed by atoms with van der Waals surface area (Å²) in [5.41, 5.74) is 4.06. The number of rotatable bonds is 5. The molecule has 8 rings (SSSR count). The third-order valence-electron chi connectivity index (χ3n) is 7.89. The lowest BCUT2D eigenvalue weighted by molar-refractivity contribution is 0.0976. The highest BCUT2D eigenvalue weighted by Crippen LogP contribution is 2.37. The first-order chi connectivity index (χ1) is 18.2. The molecule has 5 aromatic rings. The summed E-state index contributed by atoms with van der Waals surface area (Å²) in [5, 5.41) is 4.81. The summed E-state index contributed by atoms with van der Waals surface area (Å²) >= 11 is 0. The van der Waals surface area contributed by atoms with Crippen molar-refractivity contribution in [2.75, 3.05) is 32.1 Å². The van der Waals surface area contributed by atoms with Gasteiger partial charge in [-0.05, 0) is 62.2 Å². The minimum absolute atomic E-state index is 0.161. The van der Waals surface area contributed by atoms with Crippen LogP contribution in [0.4, 0.5) is 5.69 Å². The van der Waals surface area contributed by atoms with Gasteiger partial charge in [0.05, 0.1) is 24.0 Å². The number of piperidine rings is 3. The maximum atomic E-state index is 14.5. The number of hydrogen-bond donors (Lipinski definition) is 2. The highest BCUT2D eigenvalue weighted by molar-refractivity contribution is 6.00. The summed E-state index contributed by atoms with van der Waals surface area (Å²) in [6, 6.07) is 19.7. The molecule has 3 saturated heterocycles.